The van der Waals surface area contributed by atoms with E-state index in [1.807, 2.05) is 35.7 Å². The number of pyridine rings is 2. The average molecular weight is 924 g/mol. The molecule has 0 amide bonds. The molecule has 3 heterocycles. The molecule has 1 saturated carbocycles. The molecule has 0 spiro atoms. The van der Waals surface area contributed by atoms with Crippen LogP contribution in [-0.2, 0) is 25.5 Å². The zero-order valence-electron chi connectivity index (χ0n) is 30.5. The van der Waals surface area contributed by atoms with E-state index in [9.17, 15) is 0 Å². The predicted molar refractivity (Wildman–Crippen MR) is 218 cm³/mol. The molecule has 0 N–H and O–H groups in total. The van der Waals surface area contributed by atoms with E-state index in [0.29, 0.717) is 0 Å². The summed E-state index contributed by atoms with van der Waals surface area (Å²) in [4.78, 5) is 9.40. The Hall–Kier alpha value is -3.41. The van der Waals surface area contributed by atoms with Crippen molar-refractivity contribution in [3.63, 3.8) is 0 Å². The first-order valence-corrected chi connectivity index (χ1v) is 26.1. The number of hydrogen-bond acceptors (Lipinski definition) is 3. The van der Waals surface area contributed by atoms with Crippen molar-refractivity contribution in [3.8, 4) is 33.6 Å². The van der Waals surface area contributed by atoms with Crippen molar-refractivity contribution in [1.82, 2.24) is 9.97 Å². The molecule has 0 saturated heterocycles. The van der Waals surface area contributed by atoms with Crippen LogP contribution in [0.15, 0.2) is 116 Å². The van der Waals surface area contributed by atoms with E-state index in [1.165, 1.54) is 72.5 Å². The van der Waals surface area contributed by atoms with Crippen LogP contribution in [0.25, 0.3) is 53.8 Å². The zero-order chi connectivity index (χ0) is 34.9. The number of rotatable bonds is 6. The fourth-order valence-corrected chi connectivity index (χ4v) is 12.5. The molecule has 0 bridgehead atoms. The summed E-state index contributed by atoms with van der Waals surface area (Å²) in [6, 6.07) is 43.2. The SMILES string of the molecule is CC(C)(c1ccnc(-c2[c-]ccc3c2sc2cc(-c4ccccc4)ccc23)c1)C1CCCC1.Cc1cc(-c2[c-]cccc2)nc[c]1[Ge]([CH3])([CH3])[CH3].[Ir]. The van der Waals surface area contributed by atoms with Crippen LogP contribution in [0.1, 0.15) is 50.7 Å². The molecule has 0 unspecified atom stereocenters. The minimum Gasteiger partial charge on any atom is 0 e. The second kappa shape index (κ2) is 15.7. The molecule has 4 aromatic carbocycles. The average Bonchev–Trinajstić information content (AvgIpc) is 3.81. The molecule has 1 radical (unpaired) electrons. The minimum atomic E-state index is -1.77. The second-order valence-electron chi connectivity index (χ2n) is 15.3. The largest absolute Gasteiger partial charge is 0 e. The van der Waals surface area contributed by atoms with Gasteiger partial charge in [0.15, 0.2) is 0 Å². The van der Waals surface area contributed by atoms with Crippen molar-refractivity contribution in [2.75, 3.05) is 0 Å². The third-order valence-electron chi connectivity index (χ3n) is 10.6. The van der Waals surface area contributed by atoms with Crippen LogP contribution in [0.5, 0.6) is 0 Å². The molecule has 0 aliphatic heterocycles. The van der Waals surface area contributed by atoms with Gasteiger partial charge in [-0.2, -0.15) is 11.3 Å². The van der Waals surface area contributed by atoms with Crippen LogP contribution < -0.4 is 4.40 Å². The van der Waals surface area contributed by atoms with Crippen LogP contribution >= 0.6 is 11.3 Å². The quantitative estimate of drug-likeness (QED) is 0.123. The monoisotopic (exact) mass is 925 g/mol. The number of aromatic nitrogens is 2. The number of aryl methyl sites for hydroxylation is 1. The van der Waals surface area contributed by atoms with Gasteiger partial charge in [0.05, 0.1) is 0 Å². The van der Waals surface area contributed by atoms with Gasteiger partial charge in [-0.25, -0.2) is 0 Å². The first kappa shape index (κ1) is 37.4. The van der Waals surface area contributed by atoms with E-state index in [1.54, 1.807) is 0 Å². The number of fused-ring (bicyclic) bond motifs is 3. The van der Waals surface area contributed by atoms with Gasteiger partial charge in [0.1, 0.15) is 0 Å². The Morgan fingerprint density at radius 2 is 1.51 bits per heavy atom. The van der Waals surface area contributed by atoms with Gasteiger partial charge in [-0.1, -0.05) is 80.6 Å². The molecule has 261 valence electrons. The summed E-state index contributed by atoms with van der Waals surface area (Å²) in [5.41, 5.74) is 9.73. The van der Waals surface area contributed by atoms with Gasteiger partial charge in [-0.05, 0) is 68.8 Å². The molecule has 1 aliphatic rings. The first-order chi connectivity index (χ1) is 24.1. The Morgan fingerprint density at radius 3 is 2.22 bits per heavy atom. The molecule has 51 heavy (non-hydrogen) atoms. The summed E-state index contributed by atoms with van der Waals surface area (Å²) in [5, 5.41) is 2.61. The van der Waals surface area contributed by atoms with Gasteiger partial charge >= 0.3 is 106 Å². The smallest absolute Gasteiger partial charge is 0 e. The van der Waals surface area contributed by atoms with Crippen LogP contribution in [0, 0.1) is 25.0 Å². The molecule has 8 rings (SSSR count). The number of hydrogen-bond donors (Lipinski definition) is 0. The number of thiophene rings is 1. The van der Waals surface area contributed by atoms with Crippen LogP contribution in [0.2, 0.25) is 17.3 Å². The fourth-order valence-electron chi connectivity index (χ4n) is 7.63. The van der Waals surface area contributed by atoms with Gasteiger partial charge in [0.25, 0.3) is 0 Å². The van der Waals surface area contributed by atoms with Crippen molar-refractivity contribution >= 4 is 49.2 Å². The Kier molecular flexibility index (Phi) is 11.5. The predicted octanol–water partition coefficient (Wildman–Crippen LogP) is 12.5. The van der Waals surface area contributed by atoms with E-state index in [4.69, 9.17) is 4.98 Å². The summed E-state index contributed by atoms with van der Waals surface area (Å²) in [6.07, 6.45) is 9.48. The standard InChI is InChI=1S/C31H28NS.C15H18GeN.Ir/c1-31(2,23-11-6-7-12-23)24-17-18-32-28(20-24)27-14-8-13-26-25-16-15-22(19-29(25)33-30(26)27)21-9-4-3-5-10-21;1-12-10-15(13-8-6-5-7-9-13)17-11-14(12)16(2,3)4;/h3-5,8-10,13,15-20,23H,6-7,11-12H2,1-2H3;5-8,10-11H,1-4H3;/q2*-1;. The summed E-state index contributed by atoms with van der Waals surface area (Å²) in [6.45, 7) is 7.02. The third-order valence-corrected chi connectivity index (χ3v) is 16.3. The molecule has 2 nitrogen and oxygen atoms in total. The van der Waals surface area contributed by atoms with Crippen molar-refractivity contribution in [2.45, 2.75) is 69.1 Å². The fraction of sp³-hybridized carbons (Fsp3) is 0.261. The topological polar surface area (TPSA) is 25.8 Å². The molecule has 3 aromatic heterocycles. The van der Waals surface area contributed by atoms with Gasteiger partial charge in [0, 0.05) is 31.0 Å². The van der Waals surface area contributed by atoms with Gasteiger partial charge in [0.2, 0.25) is 0 Å². The molecular formula is C46H46GeIrN2S-2. The summed E-state index contributed by atoms with van der Waals surface area (Å²) < 4.78 is 4.08. The maximum Gasteiger partial charge on any atom is 0 e. The molecule has 1 aliphatic carbocycles. The Bertz CT molecular complexity index is 2250. The van der Waals surface area contributed by atoms with Crippen molar-refractivity contribution in [2.24, 2.45) is 5.92 Å². The second-order valence-corrected chi connectivity index (χ2v) is 26.9. The molecular weight excluding hydrogens is 877 g/mol. The Labute approximate surface area is 324 Å². The van der Waals surface area contributed by atoms with E-state index in [-0.39, 0.29) is 25.5 Å². The molecule has 1 fully saturated rings. The summed E-state index contributed by atoms with van der Waals surface area (Å²) in [5.74, 6) is 7.96. The minimum absolute atomic E-state index is 0. The number of benzene rings is 4. The van der Waals surface area contributed by atoms with E-state index >= 15 is 0 Å². The zero-order valence-corrected chi connectivity index (χ0v) is 35.8. The first-order valence-electron chi connectivity index (χ1n) is 17.9. The maximum absolute atomic E-state index is 4.81. The van der Waals surface area contributed by atoms with Crippen molar-refractivity contribution in [3.05, 3.63) is 139 Å². The van der Waals surface area contributed by atoms with Crippen LogP contribution in [0.4, 0.5) is 0 Å². The van der Waals surface area contributed by atoms with Crippen molar-refractivity contribution < 1.29 is 20.1 Å². The van der Waals surface area contributed by atoms with Gasteiger partial charge in [-0.15, -0.1) is 23.8 Å². The molecule has 0 atom stereocenters. The third kappa shape index (κ3) is 8.00. The van der Waals surface area contributed by atoms with E-state index in [0.717, 1.165) is 28.4 Å². The van der Waals surface area contributed by atoms with Gasteiger partial charge < -0.3 is 4.98 Å². The molecule has 5 heteroatoms. The number of nitrogens with zero attached hydrogens (tertiary/aromatic N) is 2. The molecule has 7 aromatic rings. The van der Waals surface area contributed by atoms with E-state index in [2.05, 4.69) is 146 Å². The Balaban J connectivity index is 0.000000211. The van der Waals surface area contributed by atoms with Crippen LogP contribution in [0.3, 0.4) is 0 Å². The normalized spacial score (nSPS) is 13.5. The summed E-state index contributed by atoms with van der Waals surface area (Å²) >= 11 is 0.0868. The Morgan fingerprint density at radius 1 is 0.745 bits per heavy atom. The summed E-state index contributed by atoms with van der Waals surface area (Å²) in [7, 11) is 0. The maximum atomic E-state index is 4.81. The van der Waals surface area contributed by atoms with Crippen molar-refractivity contribution in [1.29, 1.82) is 0 Å². The van der Waals surface area contributed by atoms with E-state index < -0.39 is 13.3 Å². The van der Waals surface area contributed by atoms with Gasteiger partial charge in [-0.3, -0.25) is 0 Å². The van der Waals surface area contributed by atoms with Crippen LogP contribution in [-0.4, -0.2) is 23.2 Å².